The van der Waals surface area contributed by atoms with Crippen LogP contribution in [0.25, 0.3) is 21.8 Å². The molecule has 0 fully saturated rings. The Kier molecular flexibility index (Phi) is 4.61. The first-order valence-corrected chi connectivity index (χ1v) is 12.7. The maximum absolute atomic E-state index is 11.6. The number of aromatic nitrogens is 1. The van der Waals surface area contributed by atoms with Crippen LogP contribution >= 0.6 is 0 Å². The number of nitrogens with one attached hydrogen (secondary N) is 1. The van der Waals surface area contributed by atoms with Gasteiger partial charge in [0.1, 0.15) is 14.7 Å². The molecule has 5 N–H and O–H groups in total. The molecule has 13 nitrogen and oxygen atoms in total. The van der Waals surface area contributed by atoms with Crippen molar-refractivity contribution in [2.24, 2.45) is 0 Å². The van der Waals surface area contributed by atoms with Crippen LogP contribution in [-0.4, -0.2) is 56.9 Å². The van der Waals surface area contributed by atoms with Gasteiger partial charge in [-0.2, -0.15) is 33.7 Å². The zero-order chi connectivity index (χ0) is 22.2. The highest BCUT2D eigenvalue weighted by Gasteiger charge is 2.28. The van der Waals surface area contributed by atoms with E-state index in [-0.39, 0.29) is 16.3 Å². The summed E-state index contributed by atoms with van der Waals surface area (Å²) in [6.45, 7) is 0. The Hall–Kier alpha value is -2.12. The average molecular weight is 487 g/mol. The standard InChI is InChI=1S/C12H9NO12S4/c14-26(15,16)5-1-7-6-3-9(27(17,18)19)10(28(20,21)22)4-8(6)13-12(7)11(2-5)29(23,24)25/h1-4,13H,(H,14,15,16)(H,17,18,19)(H,20,21,22)(H,23,24,25). The highest BCUT2D eigenvalue weighted by atomic mass is 32.2. The van der Waals surface area contributed by atoms with Gasteiger partial charge in [-0.3, -0.25) is 18.2 Å². The molecule has 0 radical (unpaired) electrons. The van der Waals surface area contributed by atoms with Crippen molar-refractivity contribution in [1.29, 1.82) is 0 Å². The Balaban J connectivity index is 2.67. The number of fused-ring (bicyclic) bond motifs is 3. The average Bonchev–Trinajstić information content (AvgIpc) is 2.86. The predicted octanol–water partition coefficient (Wildman–Crippen LogP) is 0.308. The molecule has 2 aromatic carbocycles. The van der Waals surface area contributed by atoms with Crippen LogP contribution < -0.4 is 0 Å². The molecular formula is C12H9NO12S4. The third-order valence-corrected chi connectivity index (χ3v) is 7.47. The Morgan fingerprint density at radius 1 is 0.552 bits per heavy atom. The highest BCUT2D eigenvalue weighted by Crippen LogP contribution is 2.36. The Morgan fingerprint density at radius 2 is 1.03 bits per heavy atom. The van der Waals surface area contributed by atoms with Gasteiger partial charge in [-0.1, -0.05) is 0 Å². The van der Waals surface area contributed by atoms with E-state index in [1.807, 2.05) is 0 Å². The molecular weight excluding hydrogens is 478 g/mol. The van der Waals surface area contributed by atoms with Crippen molar-refractivity contribution in [2.75, 3.05) is 0 Å². The van der Waals surface area contributed by atoms with Gasteiger partial charge in [0, 0.05) is 16.3 Å². The first kappa shape index (κ1) is 21.6. The monoisotopic (exact) mass is 487 g/mol. The number of H-pyrrole nitrogens is 1. The normalized spacial score (nSPS) is 13.9. The number of benzene rings is 2. The number of rotatable bonds is 4. The van der Waals surface area contributed by atoms with Crippen LogP contribution in [0, 0.1) is 0 Å². The molecule has 3 rings (SSSR count). The van der Waals surface area contributed by atoms with Crippen molar-refractivity contribution in [3.63, 3.8) is 0 Å². The van der Waals surface area contributed by atoms with Gasteiger partial charge < -0.3 is 4.98 Å². The second-order valence-corrected chi connectivity index (χ2v) is 11.3. The predicted molar refractivity (Wildman–Crippen MR) is 95.1 cm³/mol. The van der Waals surface area contributed by atoms with Crippen molar-refractivity contribution in [3.8, 4) is 0 Å². The minimum absolute atomic E-state index is 0.308. The van der Waals surface area contributed by atoms with Crippen molar-refractivity contribution in [1.82, 2.24) is 4.98 Å². The van der Waals surface area contributed by atoms with Crippen molar-refractivity contribution >= 4 is 62.3 Å². The maximum Gasteiger partial charge on any atom is 0.296 e. The largest absolute Gasteiger partial charge is 0.353 e. The van der Waals surface area contributed by atoms with Crippen LogP contribution in [0.5, 0.6) is 0 Å². The summed E-state index contributed by atoms with van der Waals surface area (Å²) in [7, 11) is -20.5. The maximum atomic E-state index is 11.6. The third-order valence-electron chi connectivity index (χ3n) is 3.84. The van der Waals surface area contributed by atoms with Crippen molar-refractivity contribution in [3.05, 3.63) is 24.3 Å². The lowest BCUT2D eigenvalue weighted by atomic mass is 10.1. The Labute approximate surface area is 163 Å². The number of hydrogen-bond donors (Lipinski definition) is 5. The molecule has 3 aromatic rings. The molecule has 0 atom stereocenters. The van der Waals surface area contributed by atoms with E-state index in [0.717, 1.165) is 6.07 Å². The van der Waals surface area contributed by atoms with Crippen molar-refractivity contribution in [2.45, 2.75) is 19.6 Å². The summed E-state index contributed by atoms with van der Waals surface area (Å²) in [6, 6.07) is 2.22. The second kappa shape index (κ2) is 6.19. The van der Waals surface area contributed by atoms with Crippen LogP contribution in [0.4, 0.5) is 0 Å². The van der Waals surface area contributed by atoms with E-state index >= 15 is 0 Å². The van der Waals surface area contributed by atoms with E-state index in [1.54, 1.807) is 0 Å². The fourth-order valence-electron chi connectivity index (χ4n) is 2.71. The second-order valence-electron chi connectivity index (χ2n) is 5.71. The molecule has 0 unspecified atom stereocenters. The molecule has 0 aliphatic carbocycles. The van der Waals surface area contributed by atoms with Gasteiger partial charge in [0.25, 0.3) is 40.5 Å². The van der Waals surface area contributed by atoms with E-state index in [2.05, 4.69) is 4.98 Å². The molecule has 0 saturated carbocycles. The van der Waals surface area contributed by atoms with Crippen LogP contribution in [0.2, 0.25) is 0 Å². The minimum Gasteiger partial charge on any atom is -0.353 e. The van der Waals surface area contributed by atoms with Gasteiger partial charge in [-0.05, 0) is 24.3 Å². The van der Waals surface area contributed by atoms with Gasteiger partial charge in [0.15, 0.2) is 0 Å². The SMILES string of the molecule is O=S(=O)(O)c1cc(S(=O)(=O)O)c2[nH]c3cc(S(=O)(=O)O)c(S(=O)(=O)O)cc3c2c1. The molecule has 0 aliphatic heterocycles. The molecule has 17 heteroatoms. The molecule has 0 bridgehead atoms. The summed E-state index contributed by atoms with van der Waals surface area (Å²) in [5.41, 5.74) is -0.777. The van der Waals surface area contributed by atoms with Crippen LogP contribution in [-0.2, 0) is 40.5 Å². The quantitative estimate of drug-likeness (QED) is 0.313. The molecule has 0 spiro atoms. The smallest absolute Gasteiger partial charge is 0.296 e. The number of aromatic amines is 1. The van der Waals surface area contributed by atoms with E-state index in [9.17, 15) is 51.9 Å². The Bertz CT molecular complexity index is 1630. The molecule has 0 aliphatic rings. The molecule has 1 aromatic heterocycles. The summed E-state index contributed by atoms with van der Waals surface area (Å²) < 4.78 is 129. The van der Waals surface area contributed by atoms with Crippen LogP contribution in [0.1, 0.15) is 0 Å². The first-order chi connectivity index (χ1) is 12.9. The molecule has 0 amide bonds. The lowest BCUT2D eigenvalue weighted by molar-refractivity contribution is 0.467. The lowest BCUT2D eigenvalue weighted by Crippen LogP contribution is -2.08. The fourth-order valence-corrected chi connectivity index (χ4v) is 5.80. The van der Waals surface area contributed by atoms with Gasteiger partial charge >= 0.3 is 0 Å². The van der Waals surface area contributed by atoms with Gasteiger partial charge in [-0.15, -0.1) is 0 Å². The summed E-state index contributed by atoms with van der Waals surface area (Å²) in [5.74, 6) is 0. The summed E-state index contributed by atoms with van der Waals surface area (Å²) in [5, 5.41) is -0.676. The zero-order valence-corrected chi connectivity index (χ0v) is 16.8. The van der Waals surface area contributed by atoms with Gasteiger partial charge in [0.05, 0.1) is 10.4 Å². The van der Waals surface area contributed by atoms with Crippen LogP contribution in [0.15, 0.2) is 43.8 Å². The summed E-state index contributed by atoms with van der Waals surface area (Å²) in [4.78, 5) is -2.18. The molecule has 1 heterocycles. The van der Waals surface area contributed by atoms with Gasteiger partial charge in [-0.25, -0.2) is 0 Å². The van der Waals surface area contributed by atoms with E-state index < -0.39 is 65.6 Å². The van der Waals surface area contributed by atoms with Gasteiger partial charge in [0.2, 0.25) is 0 Å². The first-order valence-electron chi connectivity index (χ1n) is 6.94. The molecule has 29 heavy (non-hydrogen) atoms. The van der Waals surface area contributed by atoms with E-state index in [1.165, 1.54) is 0 Å². The van der Waals surface area contributed by atoms with Crippen molar-refractivity contribution < 1.29 is 51.9 Å². The fraction of sp³-hybridized carbons (Fsp3) is 0. The topological polar surface area (TPSA) is 233 Å². The number of hydrogen-bond acceptors (Lipinski definition) is 8. The van der Waals surface area contributed by atoms with E-state index in [4.69, 9.17) is 0 Å². The minimum atomic E-state index is -5.22. The van der Waals surface area contributed by atoms with Crippen LogP contribution in [0.3, 0.4) is 0 Å². The highest BCUT2D eigenvalue weighted by molar-refractivity contribution is 7.89. The molecule has 0 saturated heterocycles. The third kappa shape index (κ3) is 3.85. The lowest BCUT2D eigenvalue weighted by Gasteiger charge is -2.05. The zero-order valence-electron chi connectivity index (χ0n) is 13.5. The summed E-state index contributed by atoms with van der Waals surface area (Å²) >= 11 is 0. The molecule has 158 valence electrons. The summed E-state index contributed by atoms with van der Waals surface area (Å²) in [6.07, 6.45) is 0. The van der Waals surface area contributed by atoms with E-state index in [0.29, 0.717) is 18.2 Å². The Morgan fingerprint density at radius 3 is 1.48 bits per heavy atom.